The fourth-order valence-corrected chi connectivity index (χ4v) is 1.61. The molecule has 1 aromatic rings. The maximum Gasteiger partial charge on any atom is 0.405 e. The first kappa shape index (κ1) is 15.4. The molecule has 0 aromatic carbocycles. The Labute approximate surface area is 111 Å². The predicted molar refractivity (Wildman–Crippen MR) is 62.2 cm³/mol. The molecule has 10 heteroatoms. The van der Waals surface area contributed by atoms with E-state index in [1.807, 2.05) is 0 Å². The van der Waals surface area contributed by atoms with E-state index in [9.17, 15) is 23.3 Å². The minimum atomic E-state index is -4.52. The van der Waals surface area contributed by atoms with Gasteiger partial charge in [-0.25, -0.2) is 9.97 Å². The molecule has 6 nitrogen and oxygen atoms in total. The molecular formula is C9H10ClF3N4O2. The third kappa shape index (κ3) is 3.91. The minimum Gasteiger partial charge on any atom is -0.339 e. The van der Waals surface area contributed by atoms with Crippen LogP contribution in [0.3, 0.4) is 0 Å². The van der Waals surface area contributed by atoms with E-state index in [-0.39, 0.29) is 0 Å². The van der Waals surface area contributed by atoms with Crippen LogP contribution in [0.2, 0.25) is 5.15 Å². The molecule has 0 unspecified atom stereocenters. The Morgan fingerprint density at radius 1 is 1.47 bits per heavy atom. The molecule has 0 N–H and O–H groups in total. The fourth-order valence-electron chi connectivity index (χ4n) is 1.41. The summed E-state index contributed by atoms with van der Waals surface area (Å²) in [6.07, 6.45) is -3.63. The lowest BCUT2D eigenvalue weighted by Crippen LogP contribution is -2.40. The van der Waals surface area contributed by atoms with E-state index in [4.69, 9.17) is 11.6 Å². The second-order valence-electron chi connectivity index (χ2n) is 3.93. The summed E-state index contributed by atoms with van der Waals surface area (Å²) in [6.45, 7) is 1.57. The lowest BCUT2D eigenvalue weighted by Gasteiger charge is -2.28. The molecule has 0 aliphatic carbocycles. The van der Waals surface area contributed by atoms with Crippen molar-refractivity contribution in [3.05, 3.63) is 21.6 Å². The second-order valence-corrected chi connectivity index (χ2v) is 4.29. The van der Waals surface area contributed by atoms with Crippen molar-refractivity contribution in [1.29, 1.82) is 0 Å². The van der Waals surface area contributed by atoms with Crippen LogP contribution in [0.15, 0.2) is 6.33 Å². The maximum absolute atomic E-state index is 12.5. The monoisotopic (exact) mass is 298 g/mol. The van der Waals surface area contributed by atoms with Crippen LogP contribution < -0.4 is 4.90 Å². The largest absolute Gasteiger partial charge is 0.405 e. The Morgan fingerprint density at radius 2 is 2.05 bits per heavy atom. The van der Waals surface area contributed by atoms with E-state index in [2.05, 4.69) is 9.97 Å². The summed E-state index contributed by atoms with van der Waals surface area (Å²) in [4.78, 5) is 17.7. The fraction of sp³-hybridized carbons (Fsp3) is 0.556. The Hall–Kier alpha value is -1.64. The molecule has 1 aromatic heterocycles. The van der Waals surface area contributed by atoms with Gasteiger partial charge >= 0.3 is 11.9 Å². The van der Waals surface area contributed by atoms with Crippen molar-refractivity contribution in [3.63, 3.8) is 0 Å². The van der Waals surface area contributed by atoms with Crippen LogP contribution in [0, 0.1) is 10.1 Å². The standard InChI is InChI=1S/C9H10ClF3N4O2/c1-5(2)16(3-9(11,12)13)8-6(17(18)19)7(10)14-4-15-8/h4-5H,3H2,1-2H3. The molecular weight excluding hydrogens is 289 g/mol. The van der Waals surface area contributed by atoms with E-state index in [0.717, 1.165) is 11.2 Å². The lowest BCUT2D eigenvalue weighted by atomic mass is 10.3. The first-order chi connectivity index (χ1) is 8.63. The van der Waals surface area contributed by atoms with Gasteiger partial charge in [0.15, 0.2) is 0 Å². The van der Waals surface area contributed by atoms with Crippen molar-refractivity contribution in [3.8, 4) is 0 Å². The average Bonchev–Trinajstić information content (AvgIpc) is 2.23. The zero-order chi connectivity index (χ0) is 14.8. The van der Waals surface area contributed by atoms with Gasteiger partial charge in [-0.3, -0.25) is 10.1 Å². The van der Waals surface area contributed by atoms with Gasteiger partial charge in [0.05, 0.1) is 4.92 Å². The first-order valence-electron chi connectivity index (χ1n) is 5.11. The Morgan fingerprint density at radius 3 is 2.47 bits per heavy atom. The summed E-state index contributed by atoms with van der Waals surface area (Å²) >= 11 is 5.54. The van der Waals surface area contributed by atoms with Crippen molar-refractivity contribution >= 4 is 23.1 Å². The first-order valence-corrected chi connectivity index (χ1v) is 5.49. The van der Waals surface area contributed by atoms with Crippen molar-refractivity contribution in [1.82, 2.24) is 9.97 Å². The zero-order valence-electron chi connectivity index (χ0n) is 9.98. The van der Waals surface area contributed by atoms with Crippen LogP contribution in [0.1, 0.15) is 13.8 Å². The third-order valence-corrected chi connectivity index (χ3v) is 2.46. The quantitative estimate of drug-likeness (QED) is 0.485. The number of halogens is 4. The minimum absolute atomic E-state index is 0.447. The van der Waals surface area contributed by atoms with Crippen LogP contribution in [-0.2, 0) is 0 Å². The van der Waals surface area contributed by atoms with Gasteiger partial charge in [-0.1, -0.05) is 11.6 Å². The number of hydrogen-bond acceptors (Lipinski definition) is 5. The molecule has 1 heterocycles. The highest BCUT2D eigenvalue weighted by molar-refractivity contribution is 6.31. The van der Waals surface area contributed by atoms with Gasteiger partial charge in [-0.15, -0.1) is 0 Å². The number of alkyl halides is 3. The highest BCUT2D eigenvalue weighted by Crippen LogP contribution is 2.33. The van der Waals surface area contributed by atoms with Crippen LogP contribution in [-0.4, -0.2) is 33.7 Å². The van der Waals surface area contributed by atoms with Gasteiger partial charge in [-0.05, 0) is 13.8 Å². The molecule has 0 aliphatic rings. The average molecular weight is 299 g/mol. The number of rotatable bonds is 4. The highest BCUT2D eigenvalue weighted by atomic mass is 35.5. The Balaban J connectivity index is 3.31. The van der Waals surface area contributed by atoms with Crippen molar-refractivity contribution in [2.24, 2.45) is 0 Å². The van der Waals surface area contributed by atoms with Crippen molar-refractivity contribution in [2.75, 3.05) is 11.4 Å². The molecule has 0 saturated carbocycles. The van der Waals surface area contributed by atoms with Gasteiger partial charge in [0.1, 0.15) is 12.9 Å². The molecule has 19 heavy (non-hydrogen) atoms. The SMILES string of the molecule is CC(C)N(CC(F)(F)F)c1ncnc(Cl)c1[N+](=O)[O-]. The number of hydrogen-bond donors (Lipinski definition) is 0. The molecule has 0 spiro atoms. The summed E-state index contributed by atoms with van der Waals surface area (Å²) in [5, 5.41) is 10.4. The number of anilines is 1. The van der Waals surface area contributed by atoms with E-state index in [1.54, 1.807) is 0 Å². The summed E-state index contributed by atoms with van der Waals surface area (Å²) in [6, 6.07) is -0.647. The van der Waals surface area contributed by atoms with Gasteiger partial charge < -0.3 is 4.90 Å². The topological polar surface area (TPSA) is 72.2 Å². The molecule has 0 bridgehead atoms. The van der Waals surface area contributed by atoms with E-state index in [0.29, 0.717) is 0 Å². The Kier molecular flexibility index (Phi) is 4.51. The molecule has 0 fully saturated rings. The number of nitrogens with zero attached hydrogens (tertiary/aromatic N) is 4. The smallest absolute Gasteiger partial charge is 0.339 e. The normalized spacial score (nSPS) is 11.7. The number of aromatic nitrogens is 2. The van der Waals surface area contributed by atoms with Crippen LogP contribution in [0.4, 0.5) is 24.7 Å². The summed E-state index contributed by atoms with van der Waals surface area (Å²) in [5.41, 5.74) is -0.734. The molecule has 0 radical (unpaired) electrons. The number of nitro groups is 1. The highest BCUT2D eigenvalue weighted by Gasteiger charge is 2.36. The van der Waals surface area contributed by atoms with E-state index >= 15 is 0 Å². The zero-order valence-corrected chi connectivity index (χ0v) is 10.7. The Bertz CT molecular complexity index is 481. The third-order valence-electron chi connectivity index (χ3n) is 2.19. The molecule has 1 rings (SSSR count). The van der Waals surface area contributed by atoms with Crippen LogP contribution in [0.5, 0.6) is 0 Å². The van der Waals surface area contributed by atoms with Crippen LogP contribution in [0.25, 0.3) is 0 Å². The molecule has 0 aliphatic heterocycles. The summed E-state index contributed by atoms with van der Waals surface area (Å²) < 4.78 is 37.5. The molecule has 0 amide bonds. The lowest BCUT2D eigenvalue weighted by molar-refractivity contribution is -0.384. The summed E-state index contributed by atoms with van der Waals surface area (Å²) in [7, 11) is 0. The second kappa shape index (κ2) is 5.55. The maximum atomic E-state index is 12.5. The molecule has 0 atom stereocenters. The predicted octanol–water partition coefficient (Wildman–Crippen LogP) is 2.82. The van der Waals surface area contributed by atoms with Gasteiger partial charge in [-0.2, -0.15) is 13.2 Å². The van der Waals surface area contributed by atoms with Gasteiger partial charge in [0, 0.05) is 6.04 Å². The molecule has 0 saturated heterocycles. The van der Waals surface area contributed by atoms with Crippen molar-refractivity contribution in [2.45, 2.75) is 26.1 Å². The van der Waals surface area contributed by atoms with E-state index in [1.165, 1.54) is 13.8 Å². The van der Waals surface area contributed by atoms with Gasteiger partial charge in [0.25, 0.3) is 0 Å². The van der Waals surface area contributed by atoms with Crippen molar-refractivity contribution < 1.29 is 18.1 Å². The molecule has 106 valence electrons. The van der Waals surface area contributed by atoms with E-state index < -0.39 is 40.3 Å². The summed E-state index contributed by atoms with van der Waals surface area (Å²) in [5.74, 6) is -0.447. The van der Waals surface area contributed by atoms with Crippen LogP contribution >= 0.6 is 11.6 Å². The van der Waals surface area contributed by atoms with Gasteiger partial charge in [0.2, 0.25) is 11.0 Å².